The first-order valence-electron chi connectivity index (χ1n) is 7.29. The number of para-hydroxylation sites is 1. The monoisotopic (exact) mass is 310 g/mol. The number of carboxylic acid groups (broad SMARTS) is 1. The van der Waals surface area contributed by atoms with Crippen molar-refractivity contribution in [2.24, 2.45) is 0 Å². The van der Waals surface area contributed by atoms with Gasteiger partial charge in [0.05, 0.1) is 23.4 Å². The van der Waals surface area contributed by atoms with Gasteiger partial charge in [-0.2, -0.15) is 5.10 Å². The van der Waals surface area contributed by atoms with Gasteiger partial charge in [0.2, 0.25) is 0 Å². The van der Waals surface area contributed by atoms with Crippen LogP contribution in [-0.2, 0) is 4.79 Å². The van der Waals surface area contributed by atoms with Crippen LogP contribution in [0.5, 0.6) is 0 Å². The number of carbonyl (C=O) groups excluding carboxylic acids is 1. The summed E-state index contributed by atoms with van der Waals surface area (Å²) in [6.07, 6.45) is 0. The first kappa shape index (κ1) is 15.0. The van der Waals surface area contributed by atoms with Crippen molar-refractivity contribution in [1.82, 2.24) is 14.3 Å². The van der Waals surface area contributed by atoms with E-state index >= 15 is 0 Å². The average molecular weight is 310 g/mol. The average Bonchev–Trinajstić information content (AvgIpc) is 2.85. The summed E-state index contributed by atoms with van der Waals surface area (Å²) in [5.41, 5.74) is 2.35. The van der Waals surface area contributed by atoms with Crippen molar-refractivity contribution < 1.29 is 9.90 Å². The topological polar surface area (TPSA) is 79.9 Å². The molecule has 0 saturated heterocycles. The van der Waals surface area contributed by atoms with E-state index in [1.54, 1.807) is 4.68 Å². The van der Waals surface area contributed by atoms with Crippen LogP contribution < -0.4 is 10.7 Å². The van der Waals surface area contributed by atoms with Gasteiger partial charge in [-0.1, -0.05) is 18.2 Å². The van der Waals surface area contributed by atoms with E-state index in [4.69, 9.17) is 0 Å². The van der Waals surface area contributed by atoms with Crippen molar-refractivity contribution >= 4 is 17.0 Å². The maximum atomic E-state index is 12.4. The van der Waals surface area contributed by atoms with Gasteiger partial charge in [0, 0.05) is 11.5 Å². The Morgan fingerprint density at radius 1 is 1.22 bits per heavy atom. The Morgan fingerprint density at radius 2 is 1.87 bits per heavy atom. The molecule has 0 radical (unpaired) electrons. The van der Waals surface area contributed by atoms with E-state index in [1.165, 1.54) is 17.6 Å². The van der Waals surface area contributed by atoms with Crippen molar-refractivity contribution in [1.29, 1.82) is 0 Å². The van der Waals surface area contributed by atoms with E-state index < -0.39 is 12.0 Å². The van der Waals surface area contributed by atoms with E-state index in [1.807, 2.05) is 44.2 Å². The van der Waals surface area contributed by atoms with Crippen LogP contribution in [0.1, 0.15) is 24.2 Å². The predicted octanol–water partition coefficient (Wildman–Crippen LogP) is 1.11. The molecule has 23 heavy (non-hydrogen) atoms. The van der Waals surface area contributed by atoms with Gasteiger partial charge in [-0.05, 0) is 38.5 Å². The molecule has 0 aliphatic heterocycles. The molecule has 6 nitrogen and oxygen atoms in total. The van der Waals surface area contributed by atoms with E-state index in [2.05, 4.69) is 5.10 Å². The number of pyridine rings is 1. The zero-order valence-electron chi connectivity index (χ0n) is 13.1. The lowest BCUT2D eigenvalue weighted by molar-refractivity contribution is -0.309. The Balaban J connectivity index is 2.48. The van der Waals surface area contributed by atoms with Crippen molar-refractivity contribution in [2.75, 3.05) is 0 Å². The maximum absolute atomic E-state index is 12.4. The van der Waals surface area contributed by atoms with Crippen LogP contribution in [0.15, 0.2) is 41.2 Å². The number of hydrogen-bond donors (Lipinski definition) is 0. The quantitative estimate of drug-likeness (QED) is 0.726. The minimum absolute atomic E-state index is 0.385. The molecule has 0 saturated carbocycles. The third-order valence-electron chi connectivity index (χ3n) is 3.97. The number of nitrogens with zero attached hydrogens (tertiary/aromatic N) is 3. The second-order valence-corrected chi connectivity index (χ2v) is 5.56. The molecule has 0 unspecified atom stereocenters. The summed E-state index contributed by atoms with van der Waals surface area (Å²) in [4.78, 5) is 23.8. The van der Waals surface area contributed by atoms with Crippen molar-refractivity contribution in [3.05, 3.63) is 58.0 Å². The molecule has 118 valence electrons. The van der Waals surface area contributed by atoms with Crippen LogP contribution in [0, 0.1) is 13.8 Å². The number of rotatable bonds is 3. The van der Waals surface area contributed by atoms with Gasteiger partial charge < -0.3 is 9.90 Å². The molecule has 2 aromatic heterocycles. The van der Waals surface area contributed by atoms with E-state index in [0.29, 0.717) is 5.65 Å². The van der Waals surface area contributed by atoms with Crippen LogP contribution in [0.4, 0.5) is 0 Å². The van der Waals surface area contributed by atoms with Crippen LogP contribution in [0.25, 0.3) is 16.7 Å². The third kappa shape index (κ3) is 2.32. The summed E-state index contributed by atoms with van der Waals surface area (Å²) in [6, 6.07) is 9.65. The van der Waals surface area contributed by atoms with Crippen LogP contribution in [0.3, 0.4) is 0 Å². The number of benzene rings is 1. The van der Waals surface area contributed by atoms with E-state index in [0.717, 1.165) is 22.3 Å². The second kappa shape index (κ2) is 5.39. The van der Waals surface area contributed by atoms with Crippen molar-refractivity contribution in [3.8, 4) is 5.69 Å². The summed E-state index contributed by atoms with van der Waals surface area (Å²) in [5.74, 6) is -1.31. The molecule has 0 amide bonds. The van der Waals surface area contributed by atoms with Crippen LogP contribution >= 0.6 is 0 Å². The van der Waals surface area contributed by atoms with Gasteiger partial charge in [0.1, 0.15) is 5.65 Å². The van der Waals surface area contributed by atoms with Gasteiger partial charge in [-0.25, -0.2) is 4.68 Å². The lowest BCUT2D eigenvalue weighted by Gasteiger charge is -2.19. The summed E-state index contributed by atoms with van der Waals surface area (Å²) in [5, 5.41) is 16.6. The SMILES string of the molecule is Cc1cc(=O)n([C@H](C)C(=O)[O-])c2c1c(C)nn2-c1ccccc1. The highest BCUT2D eigenvalue weighted by Crippen LogP contribution is 2.25. The number of carbonyl (C=O) groups is 1. The van der Waals surface area contributed by atoms with E-state index in [9.17, 15) is 14.7 Å². The van der Waals surface area contributed by atoms with Gasteiger partial charge in [-0.3, -0.25) is 9.36 Å². The Morgan fingerprint density at radius 3 is 2.48 bits per heavy atom. The van der Waals surface area contributed by atoms with Gasteiger partial charge in [-0.15, -0.1) is 0 Å². The number of aliphatic carboxylic acids is 1. The molecule has 1 aromatic carbocycles. The molecular weight excluding hydrogens is 294 g/mol. The number of carboxylic acids is 1. The van der Waals surface area contributed by atoms with E-state index in [-0.39, 0.29) is 5.56 Å². The fraction of sp³-hybridized carbons (Fsp3) is 0.235. The molecule has 0 aliphatic rings. The Hall–Kier alpha value is -2.89. The van der Waals surface area contributed by atoms with Gasteiger partial charge in [0.15, 0.2) is 0 Å². The van der Waals surface area contributed by atoms with Crippen molar-refractivity contribution in [3.63, 3.8) is 0 Å². The lowest BCUT2D eigenvalue weighted by atomic mass is 10.1. The lowest BCUT2D eigenvalue weighted by Crippen LogP contribution is -2.37. The largest absolute Gasteiger partial charge is 0.548 e. The zero-order chi connectivity index (χ0) is 16.7. The second-order valence-electron chi connectivity index (χ2n) is 5.56. The molecule has 6 heteroatoms. The predicted molar refractivity (Wildman–Crippen MR) is 84.5 cm³/mol. The number of fused-ring (bicyclic) bond motifs is 1. The molecule has 0 bridgehead atoms. The summed E-state index contributed by atoms with van der Waals surface area (Å²) in [7, 11) is 0. The van der Waals surface area contributed by atoms with Crippen molar-refractivity contribution in [2.45, 2.75) is 26.8 Å². The maximum Gasteiger partial charge on any atom is 0.253 e. The summed E-state index contributed by atoms with van der Waals surface area (Å²) >= 11 is 0. The smallest absolute Gasteiger partial charge is 0.253 e. The fourth-order valence-electron chi connectivity index (χ4n) is 2.86. The first-order chi connectivity index (χ1) is 10.9. The first-order valence-corrected chi connectivity index (χ1v) is 7.29. The highest BCUT2D eigenvalue weighted by molar-refractivity contribution is 5.85. The standard InChI is InChI=1S/C17H17N3O3/c1-10-9-14(21)19(12(3)17(22)23)16-15(10)11(2)18-20(16)13-7-5-4-6-8-13/h4-9,12H,1-3H3,(H,22,23)/p-1/t12-/m1/s1. The number of aryl methyl sites for hydroxylation is 2. The molecule has 0 aliphatic carbocycles. The van der Waals surface area contributed by atoms with Crippen LogP contribution in [0.2, 0.25) is 0 Å². The molecule has 1 atom stereocenters. The fourth-order valence-corrected chi connectivity index (χ4v) is 2.86. The molecule has 3 rings (SSSR count). The highest BCUT2D eigenvalue weighted by Gasteiger charge is 2.20. The molecule has 0 N–H and O–H groups in total. The molecule has 3 aromatic rings. The highest BCUT2D eigenvalue weighted by atomic mass is 16.4. The molecule has 0 spiro atoms. The Labute approximate surface area is 132 Å². The van der Waals surface area contributed by atoms with Gasteiger partial charge >= 0.3 is 0 Å². The normalized spacial score (nSPS) is 12.5. The Kier molecular flexibility index (Phi) is 3.52. The van der Waals surface area contributed by atoms with Crippen LogP contribution in [-0.4, -0.2) is 20.3 Å². The summed E-state index contributed by atoms with van der Waals surface area (Å²) < 4.78 is 2.84. The third-order valence-corrected chi connectivity index (χ3v) is 3.97. The molecule has 0 fully saturated rings. The minimum Gasteiger partial charge on any atom is -0.548 e. The molecule has 2 heterocycles. The zero-order valence-corrected chi connectivity index (χ0v) is 13.1. The molecular formula is C17H16N3O3-. The minimum atomic E-state index is -1.31. The number of aromatic nitrogens is 3. The van der Waals surface area contributed by atoms with Gasteiger partial charge in [0.25, 0.3) is 5.56 Å². The Bertz CT molecular complexity index is 955. The summed E-state index contributed by atoms with van der Waals surface area (Å²) in [6.45, 7) is 5.10. The number of hydrogen-bond acceptors (Lipinski definition) is 4.